The van der Waals surface area contributed by atoms with Gasteiger partial charge in [-0.25, -0.2) is 0 Å². The van der Waals surface area contributed by atoms with Crippen LogP contribution in [0.2, 0.25) is 0 Å². The van der Waals surface area contributed by atoms with Crippen molar-refractivity contribution in [3.63, 3.8) is 0 Å². The summed E-state index contributed by atoms with van der Waals surface area (Å²) in [5.74, 6) is 2.30. The van der Waals surface area contributed by atoms with Crippen LogP contribution in [0.3, 0.4) is 0 Å². The van der Waals surface area contributed by atoms with Crippen molar-refractivity contribution in [2.75, 3.05) is 12.3 Å². The quantitative estimate of drug-likeness (QED) is 0.831. The summed E-state index contributed by atoms with van der Waals surface area (Å²) in [6, 6.07) is 13.2. The van der Waals surface area contributed by atoms with Gasteiger partial charge in [0, 0.05) is 0 Å². The fraction of sp³-hybridized carbons (Fsp3) is 0.200. The molecule has 2 aromatic carbocycles. The third kappa shape index (κ3) is 2.74. The molecule has 0 aliphatic carbocycles. The minimum atomic E-state index is 0.642. The van der Waals surface area contributed by atoms with Crippen LogP contribution in [0, 0.1) is 6.92 Å². The van der Waals surface area contributed by atoms with Crippen LogP contribution >= 0.6 is 0 Å². The van der Waals surface area contributed by atoms with Crippen LogP contribution in [0.15, 0.2) is 42.5 Å². The second-order valence-electron chi connectivity index (χ2n) is 4.00. The standard InChI is InChI=1S/C15H17NO2/c1-3-17-12-7-9-13(10-8-12)18-15-11(2)5-4-6-14(15)16/h4-10H,3,16H2,1-2H3. The third-order valence-corrected chi connectivity index (χ3v) is 2.60. The van der Waals surface area contributed by atoms with Crippen LogP contribution in [0.5, 0.6) is 17.2 Å². The second-order valence-corrected chi connectivity index (χ2v) is 4.00. The lowest BCUT2D eigenvalue weighted by atomic mass is 10.2. The molecular weight excluding hydrogens is 226 g/mol. The van der Waals surface area contributed by atoms with Gasteiger partial charge in [-0.1, -0.05) is 12.1 Å². The smallest absolute Gasteiger partial charge is 0.153 e. The molecule has 0 aliphatic rings. The van der Waals surface area contributed by atoms with Gasteiger partial charge in [0.25, 0.3) is 0 Å². The number of para-hydroxylation sites is 1. The molecule has 3 nitrogen and oxygen atoms in total. The Hall–Kier alpha value is -2.16. The van der Waals surface area contributed by atoms with Crippen LogP contribution in [-0.4, -0.2) is 6.61 Å². The summed E-state index contributed by atoms with van der Waals surface area (Å²) < 4.78 is 11.2. The highest BCUT2D eigenvalue weighted by atomic mass is 16.5. The number of hydrogen-bond donors (Lipinski definition) is 1. The Labute approximate surface area is 107 Å². The summed E-state index contributed by atoms with van der Waals surface area (Å²) in [6.07, 6.45) is 0. The van der Waals surface area contributed by atoms with Crippen molar-refractivity contribution >= 4 is 5.69 Å². The van der Waals surface area contributed by atoms with Gasteiger partial charge in [0.2, 0.25) is 0 Å². The zero-order valence-corrected chi connectivity index (χ0v) is 10.6. The molecule has 0 atom stereocenters. The lowest BCUT2D eigenvalue weighted by molar-refractivity contribution is 0.339. The molecule has 2 aromatic rings. The van der Waals surface area contributed by atoms with Gasteiger partial charge in [0.1, 0.15) is 11.5 Å². The Morgan fingerprint density at radius 1 is 1.00 bits per heavy atom. The van der Waals surface area contributed by atoms with E-state index in [0.717, 1.165) is 17.1 Å². The van der Waals surface area contributed by atoms with Crippen molar-refractivity contribution in [3.8, 4) is 17.2 Å². The van der Waals surface area contributed by atoms with E-state index in [2.05, 4.69) is 0 Å². The monoisotopic (exact) mass is 243 g/mol. The molecule has 2 N–H and O–H groups in total. The number of anilines is 1. The van der Waals surface area contributed by atoms with Crippen LogP contribution < -0.4 is 15.2 Å². The van der Waals surface area contributed by atoms with Gasteiger partial charge in [-0.15, -0.1) is 0 Å². The Bertz CT molecular complexity index is 500. The van der Waals surface area contributed by atoms with E-state index in [9.17, 15) is 0 Å². The van der Waals surface area contributed by atoms with Crippen molar-refractivity contribution in [1.82, 2.24) is 0 Å². The number of benzene rings is 2. The third-order valence-electron chi connectivity index (χ3n) is 2.60. The van der Waals surface area contributed by atoms with Crippen LogP contribution in [0.4, 0.5) is 5.69 Å². The summed E-state index contributed by atoms with van der Waals surface area (Å²) in [5.41, 5.74) is 7.56. The second kappa shape index (κ2) is 5.45. The average molecular weight is 243 g/mol. The molecule has 0 unspecified atom stereocenters. The number of aryl methyl sites for hydroxylation is 1. The fourth-order valence-electron chi connectivity index (χ4n) is 1.70. The van der Waals surface area contributed by atoms with Crippen LogP contribution in [0.1, 0.15) is 12.5 Å². The molecule has 18 heavy (non-hydrogen) atoms. The Morgan fingerprint density at radius 3 is 2.28 bits per heavy atom. The zero-order valence-electron chi connectivity index (χ0n) is 10.6. The van der Waals surface area contributed by atoms with Crippen molar-refractivity contribution in [2.45, 2.75) is 13.8 Å². The van der Waals surface area contributed by atoms with E-state index in [4.69, 9.17) is 15.2 Å². The molecule has 0 aromatic heterocycles. The topological polar surface area (TPSA) is 44.5 Å². The van der Waals surface area contributed by atoms with Crippen molar-refractivity contribution in [2.24, 2.45) is 0 Å². The molecule has 0 spiro atoms. The molecule has 0 fully saturated rings. The first-order valence-corrected chi connectivity index (χ1v) is 5.96. The lowest BCUT2D eigenvalue weighted by Crippen LogP contribution is -1.95. The first-order chi connectivity index (χ1) is 8.70. The molecule has 94 valence electrons. The molecule has 0 amide bonds. The van der Waals surface area contributed by atoms with Gasteiger partial charge in [0.05, 0.1) is 12.3 Å². The highest BCUT2D eigenvalue weighted by molar-refractivity contribution is 5.57. The molecule has 0 heterocycles. The van der Waals surface area contributed by atoms with E-state index in [1.54, 1.807) is 0 Å². The zero-order chi connectivity index (χ0) is 13.0. The normalized spacial score (nSPS) is 10.1. The summed E-state index contributed by atoms with van der Waals surface area (Å²) in [4.78, 5) is 0. The summed E-state index contributed by atoms with van der Waals surface area (Å²) in [5, 5.41) is 0. The number of ether oxygens (including phenoxy) is 2. The van der Waals surface area contributed by atoms with E-state index in [1.165, 1.54) is 0 Å². The van der Waals surface area contributed by atoms with Gasteiger partial charge in [-0.3, -0.25) is 0 Å². The minimum absolute atomic E-state index is 0.642. The van der Waals surface area contributed by atoms with E-state index in [0.29, 0.717) is 18.0 Å². The highest BCUT2D eigenvalue weighted by Crippen LogP contribution is 2.31. The molecular formula is C15H17NO2. The number of nitrogen functional groups attached to an aromatic ring is 1. The Kier molecular flexibility index (Phi) is 3.72. The van der Waals surface area contributed by atoms with E-state index >= 15 is 0 Å². The lowest BCUT2D eigenvalue weighted by Gasteiger charge is -2.11. The van der Waals surface area contributed by atoms with Crippen LogP contribution in [-0.2, 0) is 0 Å². The molecule has 2 rings (SSSR count). The molecule has 3 heteroatoms. The molecule has 0 bridgehead atoms. The number of rotatable bonds is 4. The van der Waals surface area contributed by atoms with Gasteiger partial charge < -0.3 is 15.2 Å². The molecule has 0 aliphatic heterocycles. The number of hydrogen-bond acceptors (Lipinski definition) is 3. The van der Waals surface area contributed by atoms with Gasteiger partial charge in [0.15, 0.2) is 5.75 Å². The fourth-order valence-corrected chi connectivity index (χ4v) is 1.70. The van der Waals surface area contributed by atoms with E-state index in [-0.39, 0.29) is 0 Å². The van der Waals surface area contributed by atoms with Crippen molar-refractivity contribution in [1.29, 1.82) is 0 Å². The molecule has 0 saturated carbocycles. The maximum absolute atomic E-state index is 5.90. The maximum Gasteiger partial charge on any atom is 0.153 e. The van der Waals surface area contributed by atoms with Gasteiger partial charge in [-0.2, -0.15) is 0 Å². The molecule has 0 radical (unpaired) electrons. The van der Waals surface area contributed by atoms with E-state index in [1.807, 2.05) is 56.3 Å². The average Bonchev–Trinajstić information content (AvgIpc) is 2.36. The predicted molar refractivity (Wildman–Crippen MR) is 73.3 cm³/mol. The summed E-state index contributed by atoms with van der Waals surface area (Å²) in [7, 11) is 0. The summed E-state index contributed by atoms with van der Waals surface area (Å²) in [6.45, 7) is 4.59. The summed E-state index contributed by atoms with van der Waals surface area (Å²) >= 11 is 0. The van der Waals surface area contributed by atoms with E-state index < -0.39 is 0 Å². The minimum Gasteiger partial charge on any atom is -0.494 e. The highest BCUT2D eigenvalue weighted by Gasteiger charge is 2.05. The van der Waals surface area contributed by atoms with Crippen LogP contribution in [0.25, 0.3) is 0 Å². The number of nitrogens with two attached hydrogens (primary N) is 1. The first kappa shape index (κ1) is 12.3. The van der Waals surface area contributed by atoms with Gasteiger partial charge in [-0.05, 0) is 49.7 Å². The van der Waals surface area contributed by atoms with Crippen molar-refractivity contribution in [3.05, 3.63) is 48.0 Å². The van der Waals surface area contributed by atoms with Crippen molar-refractivity contribution < 1.29 is 9.47 Å². The molecule has 0 saturated heterocycles. The Morgan fingerprint density at radius 2 is 1.67 bits per heavy atom. The Balaban J connectivity index is 2.18. The first-order valence-electron chi connectivity index (χ1n) is 5.96. The predicted octanol–water partition coefficient (Wildman–Crippen LogP) is 3.77. The maximum atomic E-state index is 5.90. The SMILES string of the molecule is CCOc1ccc(Oc2c(C)cccc2N)cc1. The van der Waals surface area contributed by atoms with Gasteiger partial charge >= 0.3 is 0 Å². The largest absolute Gasteiger partial charge is 0.494 e.